The van der Waals surface area contributed by atoms with Gasteiger partial charge in [-0.05, 0) is 66.2 Å². The number of hydrogen-bond donors (Lipinski definition) is 1. The summed E-state index contributed by atoms with van der Waals surface area (Å²) in [6.07, 6.45) is 8.38. The van der Waals surface area contributed by atoms with Gasteiger partial charge in [-0.3, -0.25) is 0 Å². The van der Waals surface area contributed by atoms with E-state index in [1.165, 1.54) is 42.1 Å². The summed E-state index contributed by atoms with van der Waals surface area (Å²) in [5, 5.41) is 3.69. The highest BCUT2D eigenvalue weighted by Gasteiger charge is 2.56. The highest BCUT2D eigenvalue weighted by atomic mass is 127. The van der Waals surface area contributed by atoms with E-state index in [4.69, 9.17) is 4.74 Å². The van der Waals surface area contributed by atoms with Gasteiger partial charge in [-0.25, -0.2) is 0 Å². The molecule has 2 unspecified atom stereocenters. The Morgan fingerprint density at radius 2 is 1.90 bits per heavy atom. The highest BCUT2D eigenvalue weighted by molar-refractivity contribution is 14.1. The number of benzene rings is 1. The van der Waals surface area contributed by atoms with Crippen molar-refractivity contribution in [3.05, 3.63) is 27.8 Å². The fourth-order valence-electron chi connectivity index (χ4n) is 4.00. The Hall–Kier alpha value is -0.290. The van der Waals surface area contributed by atoms with Crippen LogP contribution in [0.25, 0.3) is 0 Å². The molecule has 3 heteroatoms. The first-order valence-electron chi connectivity index (χ1n) is 7.90. The van der Waals surface area contributed by atoms with Gasteiger partial charge in [-0.2, -0.15) is 0 Å². The maximum atomic E-state index is 6.33. The van der Waals surface area contributed by atoms with E-state index in [1.54, 1.807) is 0 Å². The SMILES string of the molecule is CCNC1CC(Oc2ccc(I)cc2)C12CCCCC2. The van der Waals surface area contributed by atoms with Gasteiger partial charge < -0.3 is 10.1 Å². The van der Waals surface area contributed by atoms with Crippen molar-refractivity contribution >= 4 is 22.6 Å². The van der Waals surface area contributed by atoms with Crippen LogP contribution in [0.15, 0.2) is 24.3 Å². The second-order valence-electron chi connectivity index (χ2n) is 6.20. The minimum atomic E-state index is 0.400. The van der Waals surface area contributed by atoms with Crippen molar-refractivity contribution in [3.8, 4) is 5.75 Å². The zero-order valence-corrected chi connectivity index (χ0v) is 14.4. The smallest absolute Gasteiger partial charge is 0.119 e. The van der Waals surface area contributed by atoms with Crippen LogP contribution in [0.5, 0.6) is 5.75 Å². The number of ether oxygens (including phenoxy) is 1. The Bertz CT molecular complexity index is 439. The van der Waals surface area contributed by atoms with E-state index < -0.39 is 0 Å². The lowest BCUT2D eigenvalue weighted by Crippen LogP contribution is -2.65. The second-order valence-corrected chi connectivity index (χ2v) is 7.45. The molecule has 3 rings (SSSR count). The molecule has 2 aliphatic carbocycles. The highest BCUT2D eigenvalue weighted by Crippen LogP contribution is 2.53. The molecule has 2 aliphatic rings. The first-order valence-corrected chi connectivity index (χ1v) is 8.98. The van der Waals surface area contributed by atoms with E-state index in [9.17, 15) is 0 Å². The number of nitrogens with one attached hydrogen (secondary N) is 1. The van der Waals surface area contributed by atoms with Gasteiger partial charge in [0.15, 0.2) is 0 Å². The van der Waals surface area contributed by atoms with Gasteiger partial charge in [0.25, 0.3) is 0 Å². The van der Waals surface area contributed by atoms with Crippen molar-refractivity contribution in [2.75, 3.05) is 6.54 Å². The van der Waals surface area contributed by atoms with Crippen LogP contribution in [0.1, 0.15) is 45.4 Å². The lowest BCUT2D eigenvalue weighted by atomic mass is 9.55. The fraction of sp³-hybridized carbons (Fsp3) is 0.647. The van der Waals surface area contributed by atoms with Crippen molar-refractivity contribution in [2.45, 2.75) is 57.6 Å². The number of halogens is 1. The molecule has 2 fully saturated rings. The molecule has 2 nitrogen and oxygen atoms in total. The molecule has 1 N–H and O–H groups in total. The minimum absolute atomic E-state index is 0.400. The van der Waals surface area contributed by atoms with Gasteiger partial charge in [0, 0.05) is 21.4 Å². The number of hydrogen-bond acceptors (Lipinski definition) is 2. The van der Waals surface area contributed by atoms with Gasteiger partial charge in [0.2, 0.25) is 0 Å². The predicted molar refractivity (Wildman–Crippen MR) is 91.2 cm³/mol. The first-order chi connectivity index (χ1) is 9.74. The van der Waals surface area contributed by atoms with E-state index in [1.807, 2.05) is 0 Å². The summed E-state index contributed by atoms with van der Waals surface area (Å²) in [6.45, 7) is 3.28. The molecule has 0 amide bonds. The van der Waals surface area contributed by atoms with Crippen LogP contribution in [0, 0.1) is 8.99 Å². The Morgan fingerprint density at radius 1 is 1.20 bits per heavy atom. The molecule has 0 heterocycles. The minimum Gasteiger partial charge on any atom is -0.490 e. The molecule has 20 heavy (non-hydrogen) atoms. The van der Waals surface area contributed by atoms with Crippen molar-refractivity contribution in [1.82, 2.24) is 5.32 Å². The van der Waals surface area contributed by atoms with Crippen LogP contribution in [-0.2, 0) is 0 Å². The third kappa shape index (κ3) is 2.71. The van der Waals surface area contributed by atoms with Crippen LogP contribution < -0.4 is 10.1 Å². The quantitative estimate of drug-likeness (QED) is 0.778. The third-order valence-electron chi connectivity index (χ3n) is 5.11. The summed E-state index contributed by atoms with van der Waals surface area (Å²) in [5.41, 5.74) is 0.400. The molecular weight excluding hydrogens is 361 g/mol. The molecule has 1 spiro atoms. The summed E-state index contributed by atoms with van der Waals surface area (Å²) in [6, 6.07) is 9.15. The molecule has 0 radical (unpaired) electrons. The Labute approximate surface area is 135 Å². The third-order valence-corrected chi connectivity index (χ3v) is 5.83. The van der Waals surface area contributed by atoms with E-state index in [2.05, 4.69) is 59.1 Å². The Kier molecular flexibility index (Phi) is 4.55. The normalized spacial score (nSPS) is 28.1. The predicted octanol–water partition coefficient (Wildman–Crippen LogP) is 4.37. The largest absolute Gasteiger partial charge is 0.490 e. The maximum Gasteiger partial charge on any atom is 0.119 e. The summed E-state index contributed by atoms with van der Waals surface area (Å²) in [4.78, 5) is 0. The molecule has 1 aromatic rings. The Balaban J connectivity index is 1.71. The molecule has 0 saturated heterocycles. The van der Waals surface area contributed by atoms with Crippen molar-refractivity contribution in [1.29, 1.82) is 0 Å². The van der Waals surface area contributed by atoms with Gasteiger partial charge in [0.1, 0.15) is 11.9 Å². The van der Waals surface area contributed by atoms with Gasteiger partial charge >= 0.3 is 0 Å². The van der Waals surface area contributed by atoms with Crippen LogP contribution >= 0.6 is 22.6 Å². The second kappa shape index (κ2) is 6.22. The zero-order valence-electron chi connectivity index (χ0n) is 12.2. The monoisotopic (exact) mass is 385 g/mol. The topological polar surface area (TPSA) is 21.3 Å². The van der Waals surface area contributed by atoms with Gasteiger partial charge in [-0.15, -0.1) is 0 Å². The average Bonchev–Trinajstić information content (AvgIpc) is 2.49. The maximum absolute atomic E-state index is 6.33. The molecule has 2 saturated carbocycles. The van der Waals surface area contributed by atoms with E-state index in [-0.39, 0.29) is 0 Å². The van der Waals surface area contributed by atoms with E-state index >= 15 is 0 Å². The zero-order chi connectivity index (χ0) is 14.0. The van der Waals surface area contributed by atoms with Crippen LogP contribution in [-0.4, -0.2) is 18.7 Å². The van der Waals surface area contributed by atoms with Gasteiger partial charge in [-0.1, -0.05) is 26.2 Å². The summed E-state index contributed by atoms with van der Waals surface area (Å²) < 4.78 is 7.60. The molecular formula is C17H24INO. The average molecular weight is 385 g/mol. The standard InChI is InChI=1S/C17H24INO/c1-2-19-15-12-16(17(15)10-4-3-5-11-17)20-14-8-6-13(18)7-9-14/h6-9,15-16,19H,2-5,10-12H2,1H3. The molecule has 1 aromatic carbocycles. The molecule has 0 aliphatic heterocycles. The number of rotatable bonds is 4. The summed E-state index contributed by atoms with van der Waals surface area (Å²) in [7, 11) is 0. The lowest BCUT2D eigenvalue weighted by Gasteiger charge is -2.57. The summed E-state index contributed by atoms with van der Waals surface area (Å²) in [5.74, 6) is 1.04. The fourth-order valence-corrected chi connectivity index (χ4v) is 4.36. The molecule has 0 aromatic heterocycles. The molecule has 110 valence electrons. The lowest BCUT2D eigenvalue weighted by molar-refractivity contribution is -0.102. The molecule has 2 atom stereocenters. The van der Waals surface area contributed by atoms with Crippen molar-refractivity contribution in [3.63, 3.8) is 0 Å². The first kappa shape index (κ1) is 14.6. The van der Waals surface area contributed by atoms with Gasteiger partial charge in [0.05, 0.1) is 0 Å². The van der Waals surface area contributed by atoms with Crippen LogP contribution in [0.2, 0.25) is 0 Å². The molecule has 0 bridgehead atoms. The Morgan fingerprint density at radius 3 is 2.55 bits per heavy atom. The van der Waals surface area contributed by atoms with Crippen molar-refractivity contribution < 1.29 is 4.74 Å². The van der Waals surface area contributed by atoms with Crippen LogP contribution in [0.3, 0.4) is 0 Å². The van der Waals surface area contributed by atoms with E-state index in [0.717, 1.165) is 12.3 Å². The van der Waals surface area contributed by atoms with E-state index in [0.29, 0.717) is 17.6 Å². The summed E-state index contributed by atoms with van der Waals surface area (Å²) >= 11 is 2.34. The van der Waals surface area contributed by atoms with Crippen LogP contribution in [0.4, 0.5) is 0 Å². The van der Waals surface area contributed by atoms with Crippen molar-refractivity contribution in [2.24, 2.45) is 5.41 Å².